The molecule has 0 aliphatic rings. The zero-order chi connectivity index (χ0) is 19.2. The fourth-order valence-corrected chi connectivity index (χ4v) is 2.28. The molecule has 0 aromatic heterocycles. The van der Waals surface area contributed by atoms with E-state index in [1.54, 1.807) is 48.5 Å². The summed E-state index contributed by atoms with van der Waals surface area (Å²) < 4.78 is 0. The van der Waals surface area contributed by atoms with E-state index in [1.165, 1.54) is 11.1 Å². The summed E-state index contributed by atoms with van der Waals surface area (Å²) in [6, 6.07) is 38.5. The number of benzene rings is 4. The van der Waals surface area contributed by atoms with Crippen LogP contribution in [-0.2, 0) is 6.42 Å². The molecule has 2 nitrogen and oxygen atoms in total. The summed E-state index contributed by atoms with van der Waals surface area (Å²) in [5.74, 6) is 0.644. The van der Waals surface area contributed by atoms with Crippen LogP contribution >= 0.6 is 0 Å². The van der Waals surface area contributed by atoms with Gasteiger partial charge in [-0.1, -0.05) is 97.1 Å². The topological polar surface area (TPSA) is 40.5 Å². The predicted molar refractivity (Wildman–Crippen MR) is 112 cm³/mol. The van der Waals surface area contributed by atoms with Crippen molar-refractivity contribution in [2.24, 2.45) is 0 Å². The van der Waals surface area contributed by atoms with Gasteiger partial charge in [0.2, 0.25) is 0 Å². The van der Waals surface area contributed by atoms with Crippen molar-refractivity contribution in [3.63, 3.8) is 0 Å². The van der Waals surface area contributed by atoms with Crippen molar-refractivity contribution >= 4 is 0 Å². The van der Waals surface area contributed by atoms with E-state index in [9.17, 15) is 0 Å². The molecule has 0 heterocycles. The highest BCUT2D eigenvalue weighted by Gasteiger charge is 1.92. The molecule has 4 aromatic rings. The van der Waals surface area contributed by atoms with Gasteiger partial charge in [-0.15, -0.1) is 0 Å². The van der Waals surface area contributed by atoms with Crippen molar-refractivity contribution in [3.05, 3.63) is 132 Å². The molecule has 0 saturated carbocycles. The molecular weight excluding hydrogens is 332 g/mol. The van der Waals surface area contributed by atoms with E-state index in [4.69, 9.17) is 10.2 Å². The Morgan fingerprint density at radius 3 is 0.852 bits per heavy atom. The molecule has 2 heteroatoms. The van der Waals surface area contributed by atoms with Crippen LogP contribution in [0.4, 0.5) is 0 Å². The van der Waals surface area contributed by atoms with Gasteiger partial charge in [0, 0.05) is 0 Å². The lowest BCUT2D eigenvalue weighted by Crippen LogP contribution is -1.85. The maximum atomic E-state index is 8.63. The molecule has 0 aliphatic heterocycles. The average molecular weight is 356 g/mol. The predicted octanol–water partition coefficient (Wildman–Crippen LogP) is 6.06. The Morgan fingerprint density at radius 1 is 0.370 bits per heavy atom. The molecule has 2 N–H and O–H groups in total. The molecule has 27 heavy (non-hydrogen) atoms. The Hall–Kier alpha value is -3.52. The standard InChI is InChI=1S/C13H12.2C6H6O/c1-3-7-12(8-4-1)11-13-9-5-2-6-10-13;2*7-6-4-2-1-3-5-6/h1-10H,11H2;2*1-5,7H. The van der Waals surface area contributed by atoms with Crippen molar-refractivity contribution in [1.29, 1.82) is 0 Å². The Bertz CT molecular complexity index is 771. The van der Waals surface area contributed by atoms with E-state index in [1.807, 2.05) is 12.1 Å². The minimum Gasteiger partial charge on any atom is -0.508 e. The van der Waals surface area contributed by atoms with Crippen LogP contribution in [0.5, 0.6) is 11.5 Å². The van der Waals surface area contributed by atoms with Gasteiger partial charge in [-0.3, -0.25) is 0 Å². The van der Waals surface area contributed by atoms with Gasteiger partial charge < -0.3 is 10.2 Å². The number of rotatable bonds is 2. The third kappa shape index (κ3) is 8.94. The molecule has 0 bridgehead atoms. The van der Waals surface area contributed by atoms with Crippen molar-refractivity contribution in [2.45, 2.75) is 6.42 Å². The Morgan fingerprint density at radius 2 is 0.630 bits per heavy atom. The van der Waals surface area contributed by atoms with Crippen LogP contribution in [-0.4, -0.2) is 10.2 Å². The number of hydrogen-bond acceptors (Lipinski definition) is 2. The van der Waals surface area contributed by atoms with Crippen LogP contribution in [0, 0.1) is 0 Å². The molecule has 0 aliphatic carbocycles. The highest BCUT2D eigenvalue weighted by molar-refractivity contribution is 5.25. The van der Waals surface area contributed by atoms with Gasteiger partial charge in [0.25, 0.3) is 0 Å². The van der Waals surface area contributed by atoms with E-state index in [0.717, 1.165) is 6.42 Å². The molecule has 136 valence electrons. The molecule has 0 amide bonds. The zero-order valence-corrected chi connectivity index (χ0v) is 15.1. The Kier molecular flexibility index (Phi) is 8.75. The second-order valence-corrected chi connectivity index (χ2v) is 5.82. The van der Waals surface area contributed by atoms with Crippen molar-refractivity contribution in [3.8, 4) is 11.5 Å². The van der Waals surface area contributed by atoms with Crippen LogP contribution in [0.2, 0.25) is 0 Å². The zero-order valence-electron chi connectivity index (χ0n) is 15.1. The van der Waals surface area contributed by atoms with E-state index >= 15 is 0 Å². The number of phenolic OH excluding ortho intramolecular Hbond substituents is 2. The average Bonchev–Trinajstić information content (AvgIpc) is 2.72. The fourth-order valence-electron chi connectivity index (χ4n) is 2.28. The molecule has 4 rings (SSSR count). The largest absolute Gasteiger partial charge is 0.508 e. The maximum absolute atomic E-state index is 8.63. The minimum absolute atomic E-state index is 0.322. The molecule has 0 atom stereocenters. The lowest BCUT2D eigenvalue weighted by atomic mass is 10.1. The van der Waals surface area contributed by atoms with Gasteiger partial charge in [0.05, 0.1) is 0 Å². The summed E-state index contributed by atoms with van der Waals surface area (Å²) in [4.78, 5) is 0. The quantitative estimate of drug-likeness (QED) is 0.458. The summed E-state index contributed by atoms with van der Waals surface area (Å²) in [7, 11) is 0. The van der Waals surface area contributed by atoms with Gasteiger partial charge in [0.15, 0.2) is 0 Å². The highest BCUT2D eigenvalue weighted by Crippen LogP contribution is 2.08. The van der Waals surface area contributed by atoms with E-state index in [2.05, 4.69) is 60.7 Å². The monoisotopic (exact) mass is 356 g/mol. The van der Waals surface area contributed by atoms with Crippen LogP contribution < -0.4 is 0 Å². The number of hydrogen-bond donors (Lipinski definition) is 2. The molecular formula is C25H24O2. The highest BCUT2D eigenvalue weighted by atomic mass is 16.3. The number of aromatic hydroxyl groups is 2. The molecule has 0 radical (unpaired) electrons. The lowest BCUT2D eigenvalue weighted by Gasteiger charge is -2.00. The third-order valence-electron chi connectivity index (χ3n) is 3.61. The summed E-state index contributed by atoms with van der Waals surface area (Å²) in [6.45, 7) is 0. The van der Waals surface area contributed by atoms with E-state index in [0.29, 0.717) is 11.5 Å². The van der Waals surface area contributed by atoms with Crippen LogP contribution in [0.15, 0.2) is 121 Å². The first-order chi connectivity index (χ1) is 13.2. The summed E-state index contributed by atoms with van der Waals surface area (Å²) in [6.07, 6.45) is 1.03. The van der Waals surface area contributed by atoms with E-state index in [-0.39, 0.29) is 0 Å². The summed E-state index contributed by atoms with van der Waals surface area (Å²) >= 11 is 0. The normalized spacial score (nSPS) is 9.19. The molecule has 0 fully saturated rings. The van der Waals surface area contributed by atoms with Crippen molar-refractivity contribution < 1.29 is 10.2 Å². The smallest absolute Gasteiger partial charge is 0.115 e. The SMILES string of the molecule is Oc1ccccc1.Oc1ccccc1.c1ccc(Cc2ccccc2)cc1. The lowest BCUT2D eigenvalue weighted by molar-refractivity contribution is 0.475. The fraction of sp³-hybridized carbons (Fsp3) is 0.0400. The van der Waals surface area contributed by atoms with Gasteiger partial charge in [-0.25, -0.2) is 0 Å². The molecule has 4 aromatic carbocycles. The van der Waals surface area contributed by atoms with Crippen LogP contribution in [0.3, 0.4) is 0 Å². The first-order valence-electron chi connectivity index (χ1n) is 8.80. The molecule has 0 spiro atoms. The number of phenols is 2. The summed E-state index contributed by atoms with van der Waals surface area (Å²) in [5.41, 5.74) is 2.74. The first kappa shape index (κ1) is 19.8. The minimum atomic E-state index is 0.322. The summed E-state index contributed by atoms with van der Waals surface area (Å²) in [5, 5.41) is 17.3. The molecule has 0 saturated heterocycles. The second kappa shape index (κ2) is 11.9. The number of para-hydroxylation sites is 2. The van der Waals surface area contributed by atoms with Crippen LogP contribution in [0.1, 0.15) is 11.1 Å². The van der Waals surface area contributed by atoms with Crippen molar-refractivity contribution in [2.75, 3.05) is 0 Å². The van der Waals surface area contributed by atoms with Gasteiger partial charge in [-0.05, 0) is 41.8 Å². The second-order valence-electron chi connectivity index (χ2n) is 5.82. The van der Waals surface area contributed by atoms with Crippen molar-refractivity contribution in [1.82, 2.24) is 0 Å². The van der Waals surface area contributed by atoms with E-state index < -0.39 is 0 Å². The first-order valence-corrected chi connectivity index (χ1v) is 8.80. The molecule has 0 unspecified atom stereocenters. The maximum Gasteiger partial charge on any atom is 0.115 e. The Balaban J connectivity index is 0.000000159. The van der Waals surface area contributed by atoms with Gasteiger partial charge in [0.1, 0.15) is 11.5 Å². The third-order valence-corrected chi connectivity index (χ3v) is 3.61. The van der Waals surface area contributed by atoms with Gasteiger partial charge in [-0.2, -0.15) is 0 Å². The van der Waals surface area contributed by atoms with Crippen LogP contribution in [0.25, 0.3) is 0 Å². The van der Waals surface area contributed by atoms with Gasteiger partial charge >= 0.3 is 0 Å². The Labute approximate surface area is 161 Å².